The van der Waals surface area contributed by atoms with E-state index in [1.165, 1.54) is 11.1 Å². The minimum atomic E-state index is 0.252. The maximum absolute atomic E-state index is 6.39. The van der Waals surface area contributed by atoms with Crippen LogP contribution in [0.3, 0.4) is 0 Å². The standard InChI is InChI=1S/C14H16ClN3/c1-9-17-13(14(15)18(9)2)12-8-16-7-10-5-3-4-6-11(10)12/h3-6,12,16H,7-8H2,1-2H3. The van der Waals surface area contributed by atoms with Gasteiger partial charge in [0.15, 0.2) is 0 Å². The van der Waals surface area contributed by atoms with Crippen molar-refractivity contribution in [1.29, 1.82) is 0 Å². The van der Waals surface area contributed by atoms with E-state index in [4.69, 9.17) is 11.6 Å². The predicted molar refractivity (Wildman–Crippen MR) is 72.9 cm³/mol. The number of rotatable bonds is 1. The number of hydrogen-bond acceptors (Lipinski definition) is 2. The zero-order valence-corrected chi connectivity index (χ0v) is 11.3. The van der Waals surface area contributed by atoms with E-state index in [1.54, 1.807) is 0 Å². The Morgan fingerprint density at radius 1 is 1.39 bits per heavy atom. The van der Waals surface area contributed by atoms with Crippen LogP contribution in [0.1, 0.15) is 28.6 Å². The highest BCUT2D eigenvalue weighted by Crippen LogP contribution is 2.33. The van der Waals surface area contributed by atoms with Gasteiger partial charge in [-0.25, -0.2) is 4.98 Å². The fourth-order valence-electron chi connectivity index (χ4n) is 2.57. The van der Waals surface area contributed by atoms with Gasteiger partial charge in [0.25, 0.3) is 0 Å². The van der Waals surface area contributed by atoms with Gasteiger partial charge in [-0.15, -0.1) is 0 Å². The summed E-state index contributed by atoms with van der Waals surface area (Å²) in [7, 11) is 1.95. The third-order valence-electron chi connectivity index (χ3n) is 3.70. The number of halogens is 1. The van der Waals surface area contributed by atoms with Gasteiger partial charge in [-0.1, -0.05) is 35.9 Å². The summed E-state index contributed by atoms with van der Waals surface area (Å²) < 4.78 is 1.94. The number of benzene rings is 1. The van der Waals surface area contributed by atoms with Gasteiger partial charge < -0.3 is 9.88 Å². The van der Waals surface area contributed by atoms with E-state index in [0.717, 1.165) is 29.8 Å². The number of nitrogens with zero attached hydrogens (tertiary/aromatic N) is 2. The van der Waals surface area contributed by atoms with Crippen molar-refractivity contribution in [1.82, 2.24) is 14.9 Å². The summed E-state index contributed by atoms with van der Waals surface area (Å²) in [5.41, 5.74) is 3.67. The fraction of sp³-hybridized carbons (Fsp3) is 0.357. The molecule has 0 fully saturated rings. The molecular formula is C14H16ClN3. The molecule has 1 aromatic heterocycles. The molecule has 3 nitrogen and oxygen atoms in total. The van der Waals surface area contributed by atoms with Gasteiger partial charge in [-0.2, -0.15) is 0 Å². The summed E-state index contributed by atoms with van der Waals surface area (Å²) in [5, 5.41) is 4.18. The second-order valence-electron chi connectivity index (χ2n) is 4.78. The molecule has 1 N–H and O–H groups in total. The topological polar surface area (TPSA) is 29.9 Å². The first-order chi connectivity index (χ1) is 8.68. The van der Waals surface area contributed by atoms with E-state index in [9.17, 15) is 0 Å². The van der Waals surface area contributed by atoms with E-state index in [2.05, 4.69) is 34.6 Å². The van der Waals surface area contributed by atoms with Crippen molar-refractivity contribution in [3.05, 3.63) is 52.1 Å². The molecule has 0 saturated heterocycles. The van der Waals surface area contributed by atoms with Crippen molar-refractivity contribution >= 4 is 11.6 Å². The Morgan fingerprint density at radius 2 is 2.17 bits per heavy atom. The third kappa shape index (κ3) is 1.74. The average molecular weight is 262 g/mol. The molecule has 2 aromatic rings. The lowest BCUT2D eigenvalue weighted by molar-refractivity contribution is 0.584. The number of fused-ring (bicyclic) bond motifs is 1. The van der Waals surface area contributed by atoms with Crippen LogP contribution in [0.5, 0.6) is 0 Å². The van der Waals surface area contributed by atoms with E-state index >= 15 is 0 Å². The molecule has 1 aromatic carbocycles. The SMILES string of the molecule is Cc1nc(C2CNCc3ccccc32)c(Cl)n1C. The number of nitrogens with one attached hydrogen (secondary N) is 1. The van der Waals surface area contributed by atoms with Gasteiger partial charge in [0, 0.05) is 26.1 Å². The van der Waals surface area contributed by atoms with Crippen LogP contribution in [0.4, 0.5) is 0 Å². The molecular weight excluding hydrogens is 246 g/mol. The van der Waals surface area contributed by atoms with Crippen molar-refractivity contribution in [2.45, 2.75) is 19.4 Å². The smallest absolute Gasteiger partial charge is 0.132 e. The average Bonchev–Trinajstić information content (AvgIpc) is 2.66. The van der Waals surface area contributed by atoms with Crippen LogP contribution >= 0.6 is 11.6 Å². The summed E-state index contributed by atoms with van der Waals surface area (Å²) >= 11 is 6.39. The van der Waals surface area contributed by atoms with Crippen LogP contribution in [0.25, 0.3) is 0 Å². The minimum Gasteiger partial charge on any atom is -0.322 e. The van der Waals surface area contributed by atoms with Crippen molar-refractivity contribution in [2.24, 2.45) is 7.05 Å². The molecule has 2 heterocycles. The van der Waals surface area contributed by atoms with Gasteiger partial charge in [0.05, 0.1) is 5.69 Å². The first-order valence-electron chi connectivity index (χ1n) is 6.15. The molecule has 0 saturated carbocycles. The fourth-order valence-corrected chi connectivity index (χ4v) is 2.87. The number of imidazole rings is 1. The van der Waals surface area contributed by atoms with Crippen LogP contribution in [0.2, 0.25) is 5.15 Å². The van der Waals surface area contributed by atoms with E-state index in [1.807, 2.05) is 18.5 Å². The molecule has 0 bridgehead atoms. The quantitative estimate of drug-likeness (QED) is 0.855. The summed E-state index contributed by atoms with van der Waals surface area (Å²) in [5.74, 6) is 1.21. The Labute approximate surface area is 112 Å². The van der Waals surface area contributed by atoms with Gasteiger partial charge in [-0.05, 0) is 18.1 Å². The second kappa shape index (κ2) is 4.41. The Hall–Kier alpha value is -1.32. The van der Waals surface area contributed by atoms with Crippen LogP contribution < -0.4 is 5.32 Å². The third-order valence-corrected chi connectivity index (χ3v) is 4.15. The lowest BCUT2D eigenvalue weighted by Gasteiger charge is -2.25. The molecule has 1 atom stereocenters. The first kappa shape index (κ1) is 11.8. The highest BCUT2D eigenvalue weighted by molar-refractivity contribution is 6.30. The molecule has 1 aliphatic rings. The Morgan fingerprint density at radius 3 is 2.89 bits per heavy atom. The molecule has 0 aliphatic carbocycles. The molecule has 4 heteroatoms. The lowest BCUT2D eigenvalue weighted by Crippen LogP contribution is -2.29. The van der Waals surface area contributed by atoms with Gasteiger partial charge >= 0.3 is 0 Å². The Balaban J connectivity index is 2.11. The van der Waals surface area contributed by atoms with Crippen LogP contribution in [-0.4, -0.2) is 16.1 Å². The van der Waals surface area contributed by atoms with Crippen LogP contribution in [0.15, 0.2) is 24.3 Å². The summed E-state index contributed by atoms with van der Waals surface area (Å²) in [6, 6.07) is 8.51. The molecule has 0 radical (unpaired) electrons. The first-order valence-corrected chi connectivity index (χ1v) is 6.53. The highest BCUT2D eigenvalue weighted by Gasteiger charge is 2.26. The molecule has 1 unspecified atom stereocenters. The van der Waals surface area contributed by atoms with Crippen LogP contribution in [-0.2, 0) is 13.6 Å². The van der Waals surface area contributed by atoms with E-state index < -0.39 is 0 Å². The molecule has 0 amide bonds. The summed E-state index contributed by atoms with van der Waals surface area (Å²) in [4.78, 5) is 4.62. The molecule has 94 valence electrons. The number of hydrogen-bond donors (Lipinski definition) is 1. The van der Waals surface area contributed by atoms with Gasteiger partial charge in [-0.3, -0.25) is 0 Å². The maximum atomic E-state index is 6.39. The Bertz CT molecular complexity index is 589. The Kier molecular flexibility index (Phi) is 2.88. The summed E-state index contributed by atoms with van der Waals surface area (Å²) in [6.07, 6.45) is 0. The van der Waals surface area contributed by atoms with Crippen molar-refractivity contribution in [3.8, 4) is 0 Å². The molecule has 1 aliphatic heterocycles. The van der Waals surface area contributed by atoms with Crippen molar-refractivity contribution in [2.75, 3.05) is 6.54 Å². The van der Waals surface area contributed by atoms with E-state index in [0.29, 0.717) is 0 Å². The van der Waals surface area contributed by atoms with Gasteiger partial charge in [0.1, 0.15) is 11.0 Å². The van der Waals surface area contributed by atoms with Crippen molar-refractivity contribution < 1.29 is 0 Å². The molecule has 3 rings (SSSR count). The normalized spacial score (nSPS) is 18.7. The summed E-state index contributed by atoms with van der Waals surface area (Å²) in [6.45, 7) is 3.81. The zero-order valence-electron chi connectivity index (χ0n) is 10.6. The number of aromatic nitrogens is 2. The zero-order chi connectivity index (χ0) is 12.7. The predicted octanol–water partition coefficient (Wildman–Crippen LogP) is 2.62. The van der Waals surface area contributed by atoms with Crippen molar-refractivity contribution in [3.63, 3.8) is 0 Å². The highest BCUT2D eigenvalue weighted by atomic mass is 35.5. The maximum Gasteiger partial charge on any atom is 0.132 e. The largest absolute Gasteiger partial charge is 0.322 e. The van der Waals surface area contributed by atoms with Crippen LogP contribution in [0, 0.1) is 6.92 Å². The van der Waals surface area contributed by atoms with E-state index in [-0.39, 0.29) is 5.92 Å². The monoisotopic (exact) mass is 261 g/mol. The number of aryl methyl sites for hydroxylation is 1. The van der Waals surface area contributed by atoms with Gasteiger partial charge in [0.2, 0.25) is 0 Å². The molecule has 0 spiro atoms. The second-order valence-corrected chi connectivity index (χ2v) is 5.13. The minimum absolute atomic E-state index is 0.252. The molecule has 18 heavy (non-hydrogen) atoms. The lowest BCUT2D eigenvalue weighted by atomic mass is 9.89.